The van der Waals surface area contributed by atoms with Crippen LogP contribution in [-0.4, -0.2) is 30.4 Å². The fourth-order valence-electron chi connectivity index (χ4n) is 2.02. The Morgan fingerprint density at radius 2 is 2.21 bits per heavy atom. The summed E-state index contributed by atoms with van der Waals surface area (Å²) >= 11 is 0. The van der Waals surface area contributed by atoms with Gasteiger partial charge in [-0.1, -0.05) is 12.1 Å². The summed E-state index contributed by atoms with van der Waals surface area (Å²) in [5, 5.41) is 8.53. The van der Waals surface area contributed by atoms with E-state index >= 15 is 0 Å². The van der Waals surface area contributed by atoms with E-state index in [1.807, 2.05) is 24.3 Å². The summed E-state index contributed by atoms with van der Waals surface area (Å²) in [6, 6.07) is 7.36. The van der Waals surface area contributed by atoms with Gasteiger partial charge in [-0.3, -0.25) is 0 Å². The average molecular weight is 262 g/mol. The van der Waals surface area contributed by atoms with Gasteiger partial charge in [0, 0.05) is 19.1 Å². The van der Waals surface area contributed by atoms with E-state index in [0.29, 0.717) is 12.7 Å². The van der Waals surface area contributed by atoms with Crippen LogP contribution < -0.4 is 4.74 Å². The summed E-state index contributed by atoms with van der Waals surface area (Å²) in [5.41, 5.74) is 0.842. The van der Waals surface area contributed by atoms with Gasteiger partial charge in [-0.15, -0.1) is 0 Å². The number of ether oxygens (including phenoxy) is 2. The van der Waals surface area contributed by atoms with Crippen molar-refractivity contribution in [2.45, 2.75) is 25.4 Å². The highest BCUT2D eigenvalue weighted by atomic mass is 16.5. The molecule has 4 heteroatoms. The third kappa shape index (κ3) is 4.75. The molecule has 19 heavy (non-hydrogen) atoms. The SMILES string of the molecule is O=C(O)C=Cc1ccc(OCCC2CCCO2)cc1. The first-order valence-electron chi connectivity index (χ1n) is 6.49. The first kappa shape index (κ1) is 13.6. The largest absolute Gasteiger partial charge is 0.493 e. The van der Waals surface area contributed by atoms with Crippen LogP contribution in [0.4, 0.5) is 0 Å². The van der Waals surface area contributed by atoms with Gasteiger partial charge in [0.2, 0.25) is 0 Å². The summed E-state index contributed by atoms with van der Waals surface area (Å²) in [6.45, 7) is 1.52. The second-order valence-corrected chi connectivity index (χ2v) is 4.51. The molecule has 1 atom stereocenters. The van der Waals surface area contributed by atoms with E-state index in [-0.39, 0.29) is 0 Å². The van der Waals surface area contributed by atoms with Gasteiger partial charge in [-0.25, -0.2) is 4.79 Å². The molecular weight excluding hydrogens is 244 g/mol. The van der Waals surface area contributed by atoms with Gasteiger partial charge in [0.15, 0.2) is 0 Å². The van der Waals surface area contributed by atoms with E-state index in [1.165, 1.54) is 0 Å². The van der Waals surface area contributed by atoms with Crippen LogP contribution in [0.1, 0.15) is 24.8 Å². The zero-order valence-corrected chi connectivity index (χ0v) is 10.7. The summed E-state index contributed by atoms with van der Waals surface area (Å²) in [5.74, 6) is -0.151. The first-order valence-corrected chi connectivity index (χ1v) is 6.49. The average Bonchev–Trinajstić information content (AvgIpc) is 2.91. The molecule has 1 heterocycles. The molecule has 0 aliphatic carbocycles. The predicted molar refractivity (Wildman–Crippen MR) is 72.2 cm³/mol. The molecule has 1 fully saturated rings. The first-order chi connectivity index (χ1) is 9.24. The summed E-state index contributed by atoms with van der Waals surface area (Å²) in [4.78, 5) is 10.4. The van der Waals surface area contributed by atoms with E-state index in [9.17, 15) is 4.79 Å². The summed E-state index contributed by atoms with van der Waals surface area (Å²) in [6.07, 6.45) is 6.21. The van der Waals surface area contributed by atoms with Gasteiger partial charge in [0.05, 0.1) is 12.7 Å². The molecule has 0 saturated carbocycles. The highest BCUT2D eigenvalue weighted by molar-refractivity contribution is 5.85. The molecule has 1 aliphatic rings. The third-order valence-electron chi connectivity index (χ3n) is 3.03. The number of carboxylic acids is 1. The maximum absolute atomic E-state index is 10.4. The molecule has 0 radical (unpaired) electrons. The Hall–Kier alpha value is -1.81. The van der Waals surface area contributed by atoms with Crippen LogP contribution in [-0.2, 0) is 9.53 Å². The van der Waals surface area contributed by atoms with Crippen molar-refractivity contribution in [2.24, 2.45) is 0 Å². The molecule has 1 aromatic carbocycles. The van der Waals surface area contributed by atoms with Crippen molar-refractivity contribution in [2.75, 3.05) is 13.2 Å². The van der Waals surface area contributed by atoms with Crippen molar-refractivity contribution >= 4 is 12.0 Å². The minimum absolute atomic E-state index is 0.345. The van der Waals surface area contributed by atoms with Gasteiger partial charge in [-0.05, 0) is 36.6 Å². The molecule has 4 nitrogen and oxygen atoms in total. The normalized spacial score (nSPS) is 18.8. The molecular formula is C15H18O4. The van der Waals surface area contributed by atoms with Gasteiger partial charge in [0.25, 0.3) is 0 Å². The minimum atomic E-state index is -0.947. The van der Waals surface area contributed by atoms with Gasteiger partial charge >= 0.3 is 5.97 Å². The van der Waals surface area contributed by atoms with E-state index < -0.39 is 5.97 Å². The van der Waals surface area contributed by atoms with E-state index in [2.05, 4.69) is 0 Å². The Kier molecular flexibility index (Phi) is 4.98. The number of aliphatic carboxylic acids is 1. The van der Waals surface area contributed by atoms with Crippen molar-refractivity contribution in [3.63, 3.8) is 0 Å². The van der Waals surface area contributed by atoms with E-state index in [4.69, 9.17) is 14.6 Å². The van der Waals surface area contributed by atoms with Crippen molar-refractivity contribution in [3.05, 3.63) is 35.9 Å². The van der Waals surface area contributed by atoms with Crippen LogP contribution in [0.5, 0.6) is 5.75 Å². The number of carbonyl (C=O) groups is 1. The lowest BCUT2D eigenvalue weighted by Gasteiger charge is -2.10. The third-order valence-corrected chi connectivity index (χ3v) is 3.03. The Balaban J connectivity index is 1.76. The van der Waals surface area contributed by atoms with Crippen LogP contribution >= 0.6 is 0 Å². The fourth-order valence-corrected chi connectivity index (χ4v) is 2.02. The van der Waals surface area contributed by atoms with Crippen molar-refractivity contribution in [3.8, 4) is 5.75 Å². The fraction of sp³-hybridized carbons (Fsp3) is 0.400. The molecule has 0 aromatic heterocycles. The monoisotopic (exact) mass is 262 g/mol. The molecule has 0 bridgehead atoms. The second kappa shape index (κ2) is 6.95. The highest BCUT2D eigenvalue weighted by Gasteiger charge is 2.14. The van der Waals surface area contributed by atoms with E-state index in [1.54, 1.807) is 6.08 Å². The van der Waals surface area contributed by atoms with Crippen molar-refractivity contribution < 1.29 is 19.4 Å². The maximum Gasteiger partial charge on any atom is 0.328 e. The highest BCUT2D eigenvalue weighted by Crippen LogP contribution is 2.17. The smallest absolute Gasteiger partial charge is 0.328 e. The lowest BCUT2D eigenvalue weighted by atomic mass is 10.2. The molecule has 1 aliphatic heterocycles. The molecule has 2 rings (SSSR count). The number of hydrogen-bond acceptors (Lipinski definition) is 3. The molecule has 1 unspecified atom stereocenters. The number of carboxylic acid groups (broad SMARTS) is 1. The Labute approximate surface area is 112 Å². The van der Waals surface area contributed by atoms with Crippen LogP contribution in [0.15, 0.2) is 30.3 Å². The standard InChI is InChI=1S/C15H18O4/c16-15(17)8-5-12-3-6-14(7-4-12)19-11-9-13-2-1-10-18-13/h3-8,13H,1-2,9-11H2,(H,16,17). The summed E-state index contributed by atoms with van der Waals surface area (Å²) in [7, 11) is 0. The Morgan fingerprint density at radius 1 is 1.42 bits per heavy atom. The van der Waals surface area contributed by atoms with Gasteiger partial charge in [-0.2, -0.15) is 0 Å². The number of benzene rings is 1. The van der Waals surface area contributed by atoms with Crippen molar-refractivity contribution in [1.29, 1.82) is 0 Å². The van der Waals surface area contributed by atoms with Gasteiger partial charge in [0.1, 0.15) is 5.75 Å². The molecule has 0 amide bonds. The lowest BCUT2D eigenvalue weighted by Crippen LogP contribution is -2.10. The van der Waals surface area contributed by atoms with Crippen LogP contribution in [0.2, 0.25) is 0 Å². The van der Waals surface area contributed by atoms with Crippen LogP contribution in [0.25, 0.3) is 6.08 Å². The molecule has 0 spiro atoms. The molecule has 1 saturated heterocycles. The summed E-state index contributed by atoms with van der Waals surface area (Å²) < 4.78 is 11.1. The van der Waals surface area contributed by atoms with Crippen LogP contribution in [0.3, 0.4) is 0 Å². The lowest BCUT2D eigenvalue weighted by molar-refractivity contribution is -0.131. The zero-order chi connectivity index (χ0) is 13.5. The van der Waals surface area contributed by atoms with Crippen molar-refractivity contribution in [1.82, 2.24) is 0 Å². The quantitative estimate of drug-likeness (QED) is 0.801. The second-order valence-electron chi connectivity index (χ2n) is 4.51. The Morgan fingerprint density at radius 3 is 2.84 bits per heavy atom. The molecule has 102 valence electrons. The molecule has 1 N–H and O–H groups in total. The van der Waals surface area contributed by atoms with E-state index in [0.717, 1.165) is 43.3 Å². The van der Waals surface area contributed by atoms with Crippen LogP contribution in [0, 0.1) is 0 Å². The molecule has 1 aromatic rings. The number of rotatable bonds is 6. The topological polar surface area (TPSA) is 55.8 Å². The Bertz CT molecular complexity index is 430. The number of hydrogen-bond donors (Lipinski definition) is 1. The maximum atomic E-state index is 10.4. The minimum Gasteiger partial charge on any atom is -0.493 e. The zero-order valence-electron chi connectivity index (χ0n) is 10.7. The predicted octanol–water partition coefficient (Wildman–Crippen LogP) is 2.73. The van der Waals surface area contributed by atoms with Gasteiger partial charge < -0.3 is 14.6 Å².